The summed E-state index contributed by atoms with van der Waals surface area (Å²) in [5, 5.41) is 117. The normalized spacial score (nSPS) is 53.9. The molecule has 0 bridgehead atoms. The summed E-state index contributed by atoms with van der Waals surface area (Å²) in [5.74, 6) is -0.858. The quantitative estimate of drug-likeness (QED) is 0.0850. The third-order valence-electron chi connectivity index (χ3n) is 19.1. The minimum absolute atomic E-state index is 0.121. The minimum Gasteiger partial charge on any atom is -0.432 e. The van der Waals surface area contributed by atoms with Crippen molar-refractivity contribution < 1.29 is 89.4 Å². The number of aliphatic hydroxyl groups is 11. The van der Waals surface area contributed by atoms with Gasteiger partial charge < -0.3 is 84.6 Å². The summed E-state index contributed by atoms with van der Waals surface area (Å²) in [6.45, 7) is 14.1. The van der Waals surface area contributed by atoms with Crippen LogP contribution in [0.4, 0.5) is 0 Å². The molecule has 5 aliphatic carbocycles. The first-order chi connectivity index (χ1) is 30.3. The maximum Gasteiger partial charge on any atom is 0.315 e. The Balaban J connectivity index is 1.03. The van der Waals surface area contributed by atoms with Crippen LogP contribution in [0, 0.1) is 50.2 Å². The van der Waals surface area contributed by atoms with Crippen molar-refractivity contribution in [3.63, 3.8) is 0 Å². The Bertz CT molecular complexity index is 1780. The number of aliphatic hydroxyl groups excluding tert-OH is 11. The van der Waals surface area contributed by atoms with Crippen molar-refractivity contribution in [3.8, 4) is 0 Å². The molecule has 3 aliphatic heterocycles. The van der Waals surface area contributed by atoms with Crippen LogP contribution >= 0.6 is 0 Å². The van der Waals surface area contributed by atoms with Gasteiger partial charge in [-0.2, -0.15) is 0 Å². The van der Waals surface area contributed by atoms with Crippen LogP contribution in [-0.2, 0) is 33.2 Å². The number of hydrogen-bond donors (Lipinski definition) is 11. The third-order valence-corrected chi connectivity index (χ3v) is 19.1. The van der Waals surface area contributed by atoms with E-state index in [0.29, 0.717) is 32.1 Å². The van der Waals surface area contributed by atoms with E-state index in [1.807, 2.05) is 13.8 Å². The standard InChI is InChI=1S/C47H76O18/c1-42(2)14-16-47(41(59)65-40-36(57)33(54)31(52)24(63-40)20-61-38-35(56)32(53)30(51)23(18-48)62-38)17-15-45(6)21(28(47)37(42)58)8-9-26-44(5)12-11-27(43(3,4)25(44)10-13-46(26,45)7)64-39-34(55)29(50)22(49)19-60-39/h8,22-40,48-58H,9-20H2,1-7H3/t22-,23+,24+,25-,26+,27-,28+,29-,30+,31+,32-,33-,34+,35+,36+,37-,38+,39-,40-,44-,45+,46+,47-/m0/s1. The van der Waals surface area contributed by atoms with Crippen molar-refractivity contribution in [2.24, 2.45) is 50.2 Å². The van der Waals surface area contributed by atoms with Gasteiger partial charge in [0.1, 0.15) is 67.1 Å². The van der Waals surface area contributed by atoms with Gasteiger partial charge in [0.2, 0.25) is 6.29 Å². The van der Waals surface area contributed by atoms with Gasteiger partial charge in [-0.15, -0.1) is 0 Å². The molecule has 0 aromatic rings. The zero-order valence-electron chi connectivity index (χ0n) is 38.8. The Hall–Kier alpha value is -1.43. The van der Waals surface area contributed by atoms with E-state index in [1.54, 1.807) is 0 Å². The van der Waals surface area contributed by atoms with Gasteiger partial charge in [-0.3, -0.25) is 4.79 Å². The number of allylic oxidation sites excluding steroid dienone is 1. The summed E-state index contributed by atoms with van der Waals surface area (Å²) in [5.41, 5.74) is -1.85. The zero-order valence-corrected chi connectivity index (χ0v) is 38.8. The maximum absolute atomic E-state index is 15.0. The van der Waals surface area contributed by atoms with E-state index in [9.17, 15) is 61.0 Å². The number of rotatable bonds is 8. The maximum atomic E-state index is 15.0. The average Bonchev–Trinajstić information content (AvgIpc) is 3.25. The SMILES string of the molecule is CC1(C)CC[C@]2(C(=O)O[C@@H]3O[C@H](CO[C@@H]4O[C@H](CO)[C@@H](O)[C@H](O)[C@H]4O)[C@@H](O)[C@H](O)[C@H]3O)CC[C@]3(C)C(=CC[C@@H]4[C@@]5(C)CC[C@H](O[C@@H]6OC[C@H](O)[C@H](O)[C@H]6O)C(C)(C)[C@@H]5CC[C@]43C)[C@@H]2[C@@H]1O. The second kappa shape index (κ2) is 17.5. The molecule has 0 spiro atoms. The highest BCUT2D eigenvalue weighted by atomic mass is 16.7. The second-order valence-electron chi connectivity index (χ2n) is 23.0. The van der Waals surface area contributed by atoms with Crippen LogP contribution in [0.25, 0.3) is 0 Å². The highest BCUT2D eigenvalue weighted by Gasteiger charge is 2.71. The lowest BCUT2D eigenvalue weighted by molar-refractivity contribution is -0.328. The Morgan fingerprint density at radius 1 is 0.677 bits per heavy atom. The first kappa shape index (κ1) is 50.0. The summed E-state index contributed by atoms with van der Waals surface area (Å²) >= 11 is 0. The van der Waals surface area contributed by atoms with Crippen LogP contribution < -0.4 is 0 Å². The van der Waals surface area contributed by atoms with Crippen LogP contribution in [0.3, 0.4) is 0 Å². The molecular weight excluding hydrogens is 852 g/mol. The molecule has 18 nitrogen and oxygen atoms in total. The van der Waals surface area contributed by atoms with E-state index in [4.69, 9.17) is 28.4 Å². The van der Waals surface area contributed by atoms with Crippen molar-refractivity contribution in [1.29, 1.82) is 0 Å². The van der Waals surface area contributed by atoms with Crippen LogP contribution in [0.1, 0.15) is 106 Å². The molecule has 23 atom stereocenters. The molecule has 11 N–H and O–H groups in total. The molecule has 65 heavy (non-hydrogen) atoms. The first-order valence-electron chi connectivity index (χ1n) is 23.8. The van der Waals surface area contributed by atoms with Crippen LogP contribution in [0.15, 0.2) is 11.6 Å². The zero-order chi connectivity index (χ0) is 47.6. The summed E-state index contributed by atoms with van der Waals surface area (Å²) < 4.78 is 35.1. The molecule has 0 radical (unpaired) electrons. The molecular formula is C47H76O18. The van der Waals surface area contributed by atoms with Crippen molar-refractivity contribution in [3.05, 3.63) is 11.6 Å². The summed E-state index contributed by atoms with van der Waals surface area (Å²) in [6.07, 6.45) is -14.5. The predicted molar refractivity (Wildman–Crippen MR) is 226 cm³/mol. The van der Waals surface area contributed by atoms with E-state index >= 15 is 0 Å². The van der Waals surface area contributed by atoms with E-state index in [-0.39, 0.29) is 40.8 Å². The number of carbonyl (C=O) groups is 1. The topological polar surface area (TPSA) is 295 Å². The molecule has 0 aromatic carbocycles. The fraction of sp³-hybridized carbons (Fsp3) is 0.936. The molecule has 4 saturated carbocycles. The van der Waals surface area contributed by atoms with E-state index in [1.165, 1.54) is 0 Å². The van der Waals surface area contributed by atoms with Gasteiger partial charge in [0.05, 0.1) is 37.4 Å². The molecule has 372 valence electrons. The van der Waals surface area contributed by atoms with Gasteiger partial charge in [0, 0.05) is 5.92 Å². The molecule has 8 rings (SSSR count). The number of esters is 1. The number of carbonyl (C=O) groups excluding carboxylic acids is 1. The van der Waals surface area contributed by atoms with Gasteiger partial charge in [0.15, 0.2) is 12.6 Å². The first-order valence-corrected chi connectivity index (χ1v) is 23.8. The molecule has 7 fully saturated rings. The number of ether oxygens (including phenoxy) is 6. The largest absolute Gasteiger partial charge is 0.432 e. The molecule has 0 amide bonds. The van der Waals surface area contributed by atoms with Crippen LogP contribution in [-0.4, -0.2) is 180 Å². The predicted octanol–water partition coefficient (Wildman–Crippen LogP) is -0.250. The number of hydrogen-bond acceptors (Lipinski definition) is 18. The monoisotopic (exact) mass is 929 g/mol. The molecule has 0 aromatic heterocycles. The van der Waals surface area contributed by atoms with Gasteiger partial charge in [0.25, 0.3) is 0 Å². The highest BCUT2D eigenvalue weighted by Crippen LogP contribution is 2.76. The van der Waals surface area contributed by atoms with Gasteiger partial charge in [-0.25, -0.2) is 0 Å². The molecule has 8 aliphatic rings. The molecule has 3 heterocycles. The lowest BCUT2D eigenvalue weighted by Gasteiger charge is -2.71. The van der Waals surface area contributed by atoms with Crippen molar-refractivity contribution in [1.82, 2.24) is 0 Å². The lowest BCUT2D eigenvalue weighted by atomic mass is 9.33. The Morgan fingerprint density at radius 2 is 1.29 bits per heavy atom. The number of fused-ring (bicyclic) bond motifs is 7. The lowest BCUT2D eigenvalue weighted by Crippen LogP contribution is -2.67. The fourth-order valence-electron chi connectivity index (χ4n) is 14.6. The average molecular weight is 929 g/mol. The second-order valence-corrected chi connectivity index (χ2v) is 23.0. The van der Waals surface area contributed by atoms with Crippen molar-refractivity contribution >= 4 is 5.97 Å². The summed E-state index contributed by atoms with van der Waals surface area (Å²) in [7, 11) is 0. The smallest absolute Gasteiger partial charge is 0.315 e. The van der Waals surface area contributed by atoms with E-state index in [2.05, 4.69) is 40.7 Å². The minimum atomic E-state index is -1.86. The van der Waals surface area contributed by atoms with Crippen molar-refractivity contribution in [2.75, 3.05) is 19.8 Å². The van der Waals surface area contributed by atoms with Gasteiger partial charge in [-0.05, 0) is 96.7 Å². The van der Waals surface area contributed by atoms with Gasteiger partial charge >= 0.3 is 5.97 Å². The van der Waals surface area contributed by atoms with Gasteiger partial charge in [-0.1, -0.05) is 60.1 Å². The summed E-state index contributed by atoms with van der Waals surface area (Å²) in [4.78, 5) is 15.0. The summed E-state index contributed by atoms with van der Waals surface area (Å²) in [6, 6.07) is 0. The third kappa shape index (κ3) is 7.71. The molecule has 0 unspecified atom stereocenters. The van der Waals surface area contributed by atoms with Crippen molar-refractivity contribution in [2.45, 2.75) is 204 Å². The Kier molecular flexibility index (Phi) is 13.4. The van der Waals surface area contributed by atoms with Crippen LogP contribution in [0.2, 0.25) is 0 Å². The molecule has 3 saturated heterocycles. The highest BCUT2D eigenvalue weighted by molar-refractivity contribution is 5.79. The fourth-order valence-corrected chi connectivity index (χ4v) is 14.6. The Labute approximate surface area is 380 Å². The Morgan fingerprint density at radius 3 is 1.97 bits per heavy atom. The molecule has 18 heteroatoms. The van der Waals surface area contributed by atoms with E-state index < -0.39 is 133 Å². The van der Waals surface area contributed by atoms with E-state index in [0.717, 1.165) is 31.3 Å². The van der Waals surface area contributed by atoms with Crippen LogP contribution in [0.5, 0.6) is 0 Å².